The summed E-state index contributed by atoms with van der Waals surface area (Å²) in [4.78, 5) is 0. The second kappa shape index (κ2) is 3.72. The van der Waals surface area contributed by atoms with E-state index >= 15 is 0 Å². The van der Waals surface area contributed by atoms with Crippen LogP contribution in [0.4, 0.5) is 0 Å². The molecule has 0 fully saturated rings. The molecule has 68 valence electrons. The standard InChI is InChI=1S/C11H16.H2O/c1-9-6-5-7-10(8-9)11(2,3)4;/h5-8H,1-4H3;1H2. The van der Waals surface area contributed by atoms with Crippen molar-refractivity contribution in [2.24, 2.45) is 0 Å². The van der Waals surface area contributed by atoms with Gasteiger partial charge in [-0.15, -0.1) is 0 Å². The Labute approximate surface area is 74.7 Å². The Morgan fingerprint density at radius 1 is 1.08 bits per heavy atom. The van der Waals surface area contributed by atoms with Gasteiger partial charge in [0.15, 0.2) is 0 Å². The molecule has 0 atom stereocenters. The van der Waals surface area contributed by atoms with E-state index in [9.17, 15) is 0 Å². The summed E-state index contributed by atoms with van der Waals surface area (Å²) in [6.07, 6.45) is 0. The summed E-state index contributed by atoms with van der Waals surface area (Å²) in [6.45, 7) is 8.85. The second-order valence-corrected chi connectivity index (χ2v) is 4.12. The summed E-state index contributed by atoms with van der Waals surface area (Å²) < 4.78 is 0. The lowest BCUT2D eigenvalue weighted by molar-refractivity contribution is 0.590. The summed E-state index contributed by atoms with van der Waals surface area (Å²) in [7, 11) is 0. The fourth-order valence-corrected chi connectivity index (χ4v) is 1.11. The highest BCUT2D eigenvalue weighted by Crippen LogP contribution is 2.22. The average molecular weight is 166 g/mol. The van der Waals surface area contributed by atoms with Crippen molar-refractivity contribution in [3.05, 3.63) is 35.4 Å². The molecule has 0 heterocycles. The molecule has 0 saturated heterocycles. The molecule has 2 N–H and O–H groups in total. The first-order chi connectivity index (χ1) is 5.00. The van der Waals surface area contributed by atoms with E-state index in [1.165, 1.54) is 11.1 Å². The molecule has 1 nitrogen and oxygen atoms in total. The van der Waals surface area contributed by atoms with Crippen LogP contribution in [-0.4, -0.2) is 5.48 Å². The Hall–Kier alpha value is -0.820. The Kier molecular flexibility index (Phi) is 3.47. The zero-order chi connectivity index (χ0) is 8.48. The van der Waals surface area contributed by atoms with Crippen LogP contribution >= 0.6 is 0 Å². The van der Waals surface area contributed by atoms with Crippen LogP contribution in [0.5, 0.6) is 0 Å². The fraction of sp³-hybridized carbons (Fsp3) is 0.455. The third-order valence-electron chi connectivity index (χ3n) is 1.88. The van der Waals surface area contributed by atoms with E-state index < -0.39 is 0 Å². The minimum absolute atomic E-state index is 0. The lowest BCUT2D eigenvalue weighted by Gasteiger charge is -2.19. The average Bonchev–Trinajstić information content (AvgIpc) is 1.86. The smallest absolute Gasteiger partial charge is 0.0132 e. The molecule has 0 spiro atoms. The van der Waals surface area contributed by atoms with Crippen LogP contribution in [0.25, 0.3) is 0 Å². The van der Waals surface area contributed by atoms with Crippen LogP contribution in [0.2, 0.25) is 0 Å². The van der Waals surface area contributed by atoms with Crippen LogP contribution in [0.3, 0.4) is 0 Å². The highest BCUT2D eigenvalue weighted by atomic mass is 16.0. The fourth-order valence-electron chi connectivity index (χ4n) is 1.11. The predicted molar refractivity (Wildman–Crippen MR) is 53.5 cm³/mol. The molecule has 0 amide bonds. The van der Waals surface area contributed by atoms with Gasteiger partial charge in [-0.25, -0.2) is 0 Å². The van der Waals surface area contributed by atoms with Crippen LogP contribution in [0.1, 0.15) is 31.9 Å². The molecule has 0 radical (unpaired) electrons. The van der Waals surface area contributed by atoms with Crippen molar-refractivity contribution in [1.82, 2.24) is 0 Å². The third-order valence-corrected chi connectivity index (χ3v) is 1.88. The minimum Gasteiger partial charge on any atom is -0.412 e. The maximum absolute atomic E-state index is 2.25. The molecule has 12 heavy (non-hydrogen) atoms. The van der Waals surface area contributed by atoms with E-state index in [4.69, 9.17) is 0 Å². The van der Waals surface area contributed by atoms with Gasteiger partial charge in [0, 0.05) is 0 Å². The summed E-state index contributed by atoms with van der Waals surface area (Å²) in [5.74, 6) is 0. The van der Waals surface area contributed by atoms with Gasteiger partial charge < -0.3 is 5.48 Å². The van der Waals surface area contributed by atoms with Gasteiger partial charge in [-0.05, 0) is 17.9 Å². The molecule has 1 rings (SSSR count). The predicted octanol–water partition coefficient (Wildman–Crippen LogP) is 2.47. The van der Waals surface area contributed by atoms with Crippen LogP contribution in [0, 0.1) is 6.92 Å². The highest BCUT2D eigenvalue weighted by molar-refractivity contribution is 5.27. The molecule has 0 bridgehead atoms. The largest absolute Gasteiger partial charge is 0.412 e. The molecular formula is C11H18O. The molecule has 1 heteroatoms. The molecule has 0 aromatic heterocycles. The number of hydrogen-bond acceptors (Lipinski definition) is 0. The minimum atomic E-state index is 0. The summed E-state index contributed by atoms with van der Waals surface area (Å²) in [5.41, 5.74) is 3.04. The number of hydrogen-bond donors (Lipinski definition) is 0. The Morgan fingerprint density at radius 3 is 2.00 bits per heavy atom. The van der Waals surface area contributed by atoms with Gasteiger partial charge in [-0.2, -0.15) is 0 Å². The van der Waals surface area contributed by atoms with Crippen molar-refractivity contribution in [3.63, 3.8) is 0 Å². The SMILES string of the molecule is Cc1cccc(C(C)(C)C)c1.O. The van der Waals surface area contributed by atoms with Crippen molar-refractivity contribution in [3.8, 4) is 0 Å². The molecule has 0 saturated carbocycles. The van der Waals surface area contributed by atoms with Gasteiger partial charge in [0.2, 0.25) is 0 Å². The molecular weight excluding hydrogens is 148 g/mol. The van der Waals surface area contributed by atoms with Gasteiger partial charge in [-0.3, -0.25) is 0 Å². The molecule has 0 unspecified atom stereocenters. The van der Waals surface area contributed by atoms with E-state index in [1.54, 1.807) is 0 Å². The molecule has 1 aromatic rings. The van der Waals surface area contributed by atoms with Crippen LogP contribution < -0.4 is 0 Å². The van der Waals surface area contributed by atoms with Crippen LogP contribution in [0.15, 0.2) is 24.3 Å². The van der Waals surface area contributed by atoms with E-state index in [1.807, 2.05) is 0 Å². The lowest BCUT2D eigenvalue weighted by Crippen LogP contribution is -2.10. The molecule has 0 aliphatic heterocycles. The van der Waals surface area contributed by atoms with E-state index in [-0.39, 0.29) is 10.9 Å². The van der Waals surface area contributed by atoms with Crippen molar-refractivity contribution >= 4 is 0 Å². The maximum Gasteiger partial charge on any atom is -0.0132 e. The number of aryl methyl sites for hydroxylation is 1. The van der Waals surface area contributed by atoms with E-state index in [2.05, 4.69) is 52.0 Å². The second-order valence-electron chi connectivity index (χ2n) is 4.12. The van der Waals surface area contributed by atoms with Gasteiger partial charge >= 0.3 is 0 Å². The van der Waals surface area contributed by atoms with Gasteiger partial charge in [0.1, 0.15) is 0 Å². The lowest BCUT2D eigenvalue weighted by atomic mass is 9.86. The monoisotopic (exact) mass is 166 g/mol. The van der Waals surface area contributed by atoms with Crippen LogP contribution in [-0.2, 0) is 5.41 Å². The first-order valence-corrected chi connectivity index (χ1v) is 4.07. The summed E-state index contributed by atoms with van der Waals surface area (Å²) in [6, 6.07) is 8.69. The van der Waals surface area contributed by atoms with E-state index in [0.717, 1.165) is 0 Å². The number of benzene rings is 1. The Morgan fingerprint density at radius 2 is 1.67 bits per heavy atom. The van der Waals surface area contributed by atoms with Crippen molar-refractivity contribution in [1.29, 1.82) is 0 Å². The summed E-state index contributed by atoms with van der Waals surface area (Å²) >= 11 is 0. The normalized spacial score (nSPS) is 10.7. The Balaban J connectivity index is 0.00000121. The van der Waals surface area contributed by atoms with Crippen molar-refractivity contribution in [2.45, 2.75) is 33.1 Å². The van der Waals surface area contributed by atoms with Gasteiger partial charge in [0.25, 0.3) is 0 Å². The van der Waals surface area contributed by atoms with Crippen molar-refractivity contribution in [2.75, 3.05) is 0 Å². The zero-order valence-corrected chi connectivity index (χ0v) is 8.31. The first kappa shape index (κ1) is 11.2. The highest BCUT2D eigenvalue weighted by Gasteiger charge is 2.12. The quantitative estimate of drug-likeness (QED) is 0.567. The van der Waals surface area contributed by atoms with Gasteiger partial charge in [-0.1, -0.05) is 50.6 Å². The van der Waals surface area contributed by atoms with E-state index in [0.29, 0.717) is 0 Å². The van der Waals surface area contributed by atoms with Crippen molar-refractivity contribution < 1.29 is 5.48 Å². The molecule has 0 aliphatic carbocycles. The summed E-state index contributed by atoms with van der Waals surface area (Å²) in [5, 5.41) is 0. The zero-order valence-electron chi connectivity index (χ0n) is 8.31. The van der Waals surface area contributed by atoms with Gasteiger partial charge in [0.05, 0.1) is 0 Å². The first-order valence-electron chi connectivity index (χ1n) is 4.07. The molecule has 1 aromatic carbocycles. The maximum atomic E-state index is 2.25. The molecule has 0 aliphatic rings. The third kappa shape index (κ3) is 2.67. The topological polar surface area (TPSA) is 31.5 Å². The Bertz CT molecular complexity index is 245. The number of rotatable bonds is 0.